The van der Waals surface area contributed by atoms with Crippen LogP contribution in [0.5, 0.6) is 11.5 Å². The third kappa shape index (κ3) is 3.03. The molecule has 2 heterocycles. The summed E-state index contributed by atoms with van der Waals surface area (Å²) in [4.78, 5) is 0. The number of para-hydroxylation sites is 1. The SMILES string of the molecule is C[n+]1ccc(C=Cc2ccc3c(c2)OCO3)c2ccccc21.[I-]. The molecule has 116 valence electrons. The molecular weight excluding hydrogens is 401 g/mol. The molecule has 1 aromatic heterocycles. The van der Waals surface area contributed by atoms with E-state index in [1.54, 1.807) is 0 Å². The molecule has 0 saturated heterocycles. The molecule has 0 unspecified atom stereocenters. The van der Waals surface area contributed by atoms with Crippen molar-refractivity contribution in [2.24, 2.45) is 7.05 Å². The van der Waals surface area contributed by atoms with Crippen LogP contribution in [-0.4, -0.2) is 6.79 Å². The lowest BCUT2D eigenvalue weighted by Crippen LogP contribution is -3.00. The van der Waals surface area contributed by atoms with Crippen molar-refractivity contribution < 1.29 is 38.0 Å². The molecule has 0 fully saturated rings. The highest BCUT2D eigenvalue weighted by molar-refractivity contribution is 5.88. The zero-order valence-corrected chi connectivity index (χ0v) is 14.9. The minimum absolute atomic E-state index is 0. The summed E-state index contributed by atoms with van der Waals surface area (Å²) in [6.45, 7) is 0.308. The second-order valence-corrected chi connectivity index (χ2v) is 5.35. The summed E-state index contributed by atoms with van der Waals surface area (Å²) < 4.78 is 12.9. The summed E-state index contributed by atoms with van der Waals surface area (Å²) in [7, 11) is 2.06. The van der Waals surface area contributed by atoms with Gasteiger partial charge in [-0.3, -0.25) is 0 Å². The average Bonchev–Trinajstić information content (AvgIpc) is 3.02. The second-order valence-electron chi connectivity index (χ2n) is 5.35. The van der Waals surface area contributed by atoms with E-state index in [4.69, 9.17) is 9.47 Å². The number of ether oxygens (including phenoxy) is 2. The van der Waals surface area contributed by atoms with E-state index in [-0.39, 0.29) is 24.0 Å². The molecule has 0 aliphatic carbocycles. The summed E-state index contributed by atoms with van der Waals surface area (Å²) in [5, 5.41) is 1.24. The van der Waals surface area contributed by atoms with Gasteiger partial charge in [-0.15, -0.1) is 0 Å². The van der Waals surface area contributed by atoms with Crippen molar-refractivity contribution in [1.82, 2.24) is 0 Å². The Morgan fingerprint density at radius 3 is 2.70 bits per heavy atom. The lowest BCUT2D eigenvalue weighted by Gasteiger charge is -2.01. The van der Waals surface area contributed by atoms with Gasteiger partial charge in [0.1, 0.15) is 7.05 Å². The van der Waals surface area contributed by atoms with Gasteiger partial charge in [0.15, 0.2) is 17.7 Å². The van der Waals surface area contributed by atoms with E-state index in [0.717, 1.165) is 17.1 Å². The van der Waals surface area contributed by atoms with E-state index in [1.165, 1.54) is 16.5 Å². The predicted molar refractivity (Wildman–Crippen MR) is 86.6 cm³/mol. The van der Waals surface area contributed by atoms with Crippen molar-refractivity contribution in [2.75, 3.05) is 6.79 Å². The Hall–Kier alpha value is -2.08. The average molecular weight is 417 g/mol. The lowest BCUT2D eigenvalue weighted by molar-refractivity contribution is -0.644. The highest BCUT2D eigenvalue weighted by Crippen LogP contribution is 2.33. The van der Waals surface area contributed by atoms with Crippen LogP contribution in [0.3, 0.4) is 0 Å². The number of hydrogen-bond acceptors (Lipinski definition) is 2. The predicted octanol–water partition coefficient (Wildman–Crippen LogP) is 0.567. The number of rotatable bonds is 2. The molecule has 0 N–H and O–H groups in total. The first kappa shape index (κ1) is 15.8. The highest BCUT2D eigenvalue weighted by Gasteiger charge is 2.12. The van der Waals surface area contributed by atoms with Crippen molar-refractivity contribution in [2.45, 2.75) is 0 Å². The van der Waals surface area contributed by atoms with Gasteiger partial charge in [0, 0.05) is 12.1 Å². The van der Waals surface area contributed by atoms with Crippen molar-refractivity contribution in [3.05, 3.63) is 65.9 Å². The standard InChI is InChI=1S/C19H16NO2.HI/c1-20-11-10-15(16-4-2-3-5-17(16)20)8-6-14-7-9-18-19(12-14)22-13-21-18;/h2-12H,13H2,1H3;1H/q+1;/p-1. The van der Waals surface area contributed by atoms with Crippen LogP contribution in [0, 0.1) is 0 Å². The monoisotopic (exact) mass is 417 g/mol. The molecule has 0 saturated carbocycles. The molecule has 2 aromatic carbocycles. The molecular formula is C19H16INO2. The fourth-order valence-corrected chi connectivity index (χ4v) is 2.74. The number of aryl methyl sites for hydroxylation is 1. The summed E-state index contributed by atoms with van der Waals surface area (Å²) in [6.07, 6.45) is 6.32. The van der Waals surface area contributed by atoms with Crippen LogP contribution in [0.15, 0.2) is 54.7 Å². The minimum atomic E-state index is 0. The zero-order valence-electron chi connectivity index (χ0n) is 12.7. The number of fused-ring (bicyclic) bond motifs is 2. The van der Waals surface area contributed by atoms with Crippen molar-refractivity contribution >= 4 is 23.1 Å². The third-order valence-electron chi connectivity index (χ3n) is 3.92. The molecule has 0 amide bonds. The van der Waals surface area contributed by atoms with Gasteiger partial charge in [-0.2, -0.15) is 0 Å². The summed E-state index contributed by atoms with van der Waals surface area (Å²) in [5.41, 5.74) is 3.52. The van der Waals surface area contributed by atoms with E-state index in [0.29, 0.717) is 6.79 Å². The largest absolute Gasteiger partial charge is 1.00 e. The van der Waals surface area contributed by atoms with Crippen LogP contribution < -0.4 is 38.0 Å². The highest BCUT2D eigenvalue weighted by atomic mass is 127. The van der Waals surface area contributed by atoms with E-state index in [1.807, 2.05) is 18.2 Å². The maximum Gasteiger partial charge on any atom is 0.231 e. The quantitative estimate of drug-likeness (QED) is 0.450. The Balaban J connectivity index is 0.00000156. The number of aromatic nitrogens is 1. The number of benzene rings is 2. The van der Waals surface area contributed by atoms with Gasteiger partial charge in [0.2, 0.25) is 12.3 Å². The summed E-state index contributed by atoms with van der Waals surface area (Å²) in [5.74, 6) is 1.63. The number of hydrogen-bond donors (Lipinski definition) is 0. The molecule has 1 aliphatic heterocycles. The van der Waals surface area contributed by atoms with Crippen LogP contribution in [0.4, 0.5) is 0 Å². The van der Waals surface area contributed by atoms with E-state index in [9.17, 15) is 0 Å². The lowest BCUT2D eigenvalue weighted by atomic mass is 10.1. The summed E-state index contributed by atoms with van der Waals surface area (Å²) >= 11 is 0. The van der Waals surface area contributed by atoms with Crippen molar-refractivity contribution in [1.29, 1.82) is 0 Å². The van der Waals surface area contributed by atoms with Gasteiger partial charge in [-0.25, -0.2) is 4.57 Å². The van der Waals surface area contributed by atoms with E-state index < -0.39 is 0 Å². The normalized spacial score (nSPS) is 12.6. The van der Waals surface area contributed by atoms with Crippen LogP contribution in [0.25, 0.3) is 23.1 Å². The topological polar surface area (TPSA) is 22.3 Å². The minimum Gasteiger partial charge on any atom is -1.00 e. The van der Waals surface area contributed by atoms with E-state index in [2.05, 4.69) is 60.3 Å². The van der Waals surface area contributed by atoms with Gasteiger partial charge in [0.25, 0.3) is 0 Å². The van der Waals surface area contributed by atoms with Crippen LogP contribution >= 0.6 is 0 Å². The van der Waals surface area contributed by atoms with Gasteiger partial charge in [-0.1, -0.05) is 30.4 Å². The molecule has 3 nitrogen and oxygen atoms in total. The number of halogens is 1. The smallest absolute Gasteiger partial charge is 0.231 e. The van der Waals surface area contributed by atoms with Gasteiger partial charge in [-0.05, 0) is 29.3 Å². The maximum absolute atomic E-state index is 5.42. The molecule has 3 aromatic rings. The van der Waals surface area contributed by atoms with Crippen LogP contribution in [0.1, 0.15) is 11.1 Å². The molecule has 0 radical (unpaired) electrons. The summed E-state index contributed by atoms with van der Waals surface area (Å²) in [6, 6.07) is 16.5. The van der Waals surface area contributed by atoms with Crippen LogP contribution in [0.2, 0.25) is 0 Å². The Kier molecular flexibility index (Phi) is 4.52. The van der Waals surface area contributed by atoms with E-state index >= 15 is 0 Å². The fourth-order valence-electron chi connectivity index (χ4n) is 2.74. The zero-order chi connectivity index (χ0) is 14.9. The molecule has 23 heavy (non-hydrogen) atoms. The van der Waals surface area contributed by atoms with Crippen molar-refractivity contribution in [3.63, 3.8) is 0 Å². The van der Waals surface area contributed by atoms with Crippen molar-refractivity contribution in [3.8, 4) is 11.5 Å². The Morgan fingerprint density at radius 1 is 0.957 bits per heavy atom. The molecule has 1 aliphatic rings. The third-order valence-corrected chi connectivity index (χ3v) is 3.92. The second kappa shape index (κ2) is 6.58. The Morgan fingerprint density at radius 2 is 1.78 bits per heavy atom. The van der Waals surface area contributed by atoms with Crippen LogP contribution in [-0.2, 0) is 7.05 Å². The molecule has 0 spiro atoms. The molecule has 4 heteroatoms. The Bertz CT molecular complexity index is 890. The maximum atomic E-state index is 5.42. The van der Waals surface area contributed by atoms with Gasteiger partial charge >= 0.3 is 0 Å². The first-order valence-corrected chi connectivity index (χ1v) is 7.26. The number of pyridine rings is 1. The fraction of sp³-hybridized carbons (Fsp3) is 0.105. The molecule has 4 rings (SSSR count). The van der Waals surface area contributed by atoms with Gasteiger partial charge in [0.05, 0.1) is 5.39 Å². The van der Waals surface area contributed by atoms with Gasteiger partial charge < -0.3 is 33.5 Å². The first-order valence-electron chi connectivity index (χ1n) is 7.26. The Labute approximate surface area is 152 Å². The molecule has 0 atom stereocenters. The first-order chi connectivity index (χ1) is 10.8. The number of nitrogens with zero attached hydrogens (tertiary/aromatic N) is 1. The molecule has 0 bridgehead atoms.